The van der Waals surface area contributed by atoms with Crippen LogP contribution >= 0.6 is 15.9 Å². The number of anilines is 1. The molecule has 22 heavy (non-hydrogen) atoms. The molecule has 0 N–H and O–H groups in total. The minimum Gasteiger partial charge on any atom is -0.260 e. The first kappa shape index (κ1) is 14.3. The topological polar surface area (TPSA) is 38.3 Å². The third-order valence-corrected chi connectivity index (χ3v) is 3.71. The standard InChI is InChI=1S/C16H12BrN5/c1-18-15-6-8-16(9-7-15)21(22-12-19-11-20-22)10-13-2-4-14(17)5-3-13/h2-9,11-12H,10H2. The van der Waals surface area contributed by atoms with E-state index in [2.05, 4.69) is 43.0 Å². The Bertz CT molecular complexity index is 773. The van der Waals surface area contributed by atoms with Gasteiger partial charge in [0.1, 0.15) is 12.7 Å². The molecule has 6 heteroatoms. The van der Waals surface area contributed by atoms with Crippen molar-refractivity contribution in [2.45, 2.75) is 6.54 Å². The molecule has 0 saturated carbocycles. The van der Waals surface area contributed by atoms with Crippen molar-refractivity contribution < 1.29 is 0 Å². The fourth-order valence-corrected chi connectivity index (χ4v) is 2.34. The van der Waals surface area contributed by atoms with Gasteiger partial charge < -0.3 is 0 Å². The lowest BCUT2D eigenvalue weighted by atomic mass is 10.2. The summed E-state index contributed by atoms with van der Waals surface area (Å²) in [6.07, 6.45) is 3.16. The Morgan fingerprint density at radius 3 is 2.41 bits per heavy atom. The Balaban J connectivity index is 1.93. The summed E-state index contributed by atoms with van der Waals surface area (Å²) in [5, 5.41) is 6.20. The van der Waals surface area contributed by atoms with E-state index in [1.807, 2.05) is 29.3 Å². The van der Waals surface area contributed by atoms with Crippen LogP contribution in [0.15, 0.2) is 65.7 Å². The molecular weight excluding hydrogens is 342 g/mol. The van der Waals surface area contributed by atoms with Crippen LogP contribution in [-0.2, 0) is 6.54 Å². The van der Waals surface area contributed by atoms with Crippen LogP contribution in [0.2, 0.25) is 0 Å². The van der Waals surface area contributed by atoms with Crippen LogP contribution in [0.3, 0.4) is 0 Å². The number of halogens is 1. The van der Waals surface area contributed by atoms with E-state index in [9.17, 15) is 0 Å². The van der Waals surface area contributed by atoms with Gasteiger partial charge in [-0.15, -0.1) is 5.10 Å². The number of benzene rings is 2. The lowest BCUT2D eigenvalue weighted by Crippen LogP contribution is -2.29. The molecular formula is C16H12BrN5. The first-order chi connectivity index (χ1) is 10.8. The zero-order valence-electron chi connectivity index (χ0n) is 11.6. The highest BCUT2D eigenvalue weighted by molar-refractivity contribution is 9.10. The van der Waals surface area contributed by atoms with E-state index >= 15 is 0 Å². The van der Waals surface area contributed by atoms with Gasteiger partial charge >= 0.3 is 0 Å². The van der Waals surface area contributed by atoms with Crippen LogP contribution < -0.4 is 5.01 Å². The monoisotopic (exact) mass is 353 g/mol. The Morgan fingerprint density at radius 1 is 1.09 bits per heavy atom. The van der Waals surface area contributed by atoms with Crippen LogP contribution in [-0.4, -0.2) is 14.9 Å². The van der Waals surface area contributed by atoms with Gasteiger partial charge in [0, 0.05) is 4.47 Å². The van der Waals surface area contributed by atoms with Crippen molar-refractivity contribution in [1.82, 2.24) is 14.9 Å². The molecule has 0 amide bonds. The Hall–Kier alpha value is -2.65. The van der Waals surface area contributed by atoms with Crippen molar-refractivity contribution in [2.24, 2.45) is 0 Å². The van der Waals surface area contributed by atoms with Crippen molar-refractivity contribution in [2.75, 3.05) is 5.01 Å². The molecule has 3 aromatic rings. The lowest BCUT2D eigenvalue weighted by Gasteiger charge is -2.24. The highest BCUT2D eigenvalue weighted by atomic mass is 79.9. The molecule has 0 aliphatic heterocycles. The van der Waals surface area contributed by atoms with Crippen molar-refractivity contribution in [3.05, 3.63) is 82.6 Å². The summed E-state index contributed by atoms with van der Waals surface area (Å²) in [5.41, 5.74) is 2.71. The quantitative estimate of drug-likeness (QED) is 0.663. The van der Waals surface area contributed by atoms with Gasteiger partial charge in [-0.1, -0.05) is 40.2 Å². The summed E-state index contributed by atoms with van der Waals surface area (Å²) in [6, 6.07) is 15.6. The van der Waals surface area contributed by atoms with Crippen molar-refractivity contribution in [3.63, 3.8) is 0 Å². The fraction of sp³-hybridized carbons (Fsp3) is 0.0625. The first-order valence-electron chi connectivity index (χ1n) is 6.61. The van der Waals surface area contributed by atoms with Crippen LogP contribution in [0.4, 0.5) is 11.4 Å². The maximum Gasteiger partial charge on any atom is 0.187 e. The second-order valence-corrected chi connectivity index (χ2v) is 5.54. The molecule has 0 saturated heterocycles. The van der Waals surface area contributed by atoms with E-state index in [4.69, 9.17) is 6.57 Å². The number of hydrogen-bond donors (Lipinski definition) is 0. The Morgan fingerprint density at radius 2 is 1.82 bits per heavy atom. The van der Waals surface area contributed by atoms with Crippen LogP contribution in [0, 0.1) is 6.57 Å². The maximum absolute atomic E-state index is 7.04. The normalized spacial score (nSPS) is 10.2. The number of hydrogen-bond acceptors (Lipinski definition) is 3. The maximum atomic E-state index is 7.04. The lowest BCUT2D eigenvalue weighted by molar-refractivity contribution is 0.610. The van der Waals surface area contributed by atoms with Crippen molar-refractivity contribution in [1.29, 1.82) is 0 Å². The van der Waals surface area contributed by atoms with Gasteiger partial charge in [-0.3, -0.25) is 5.01 Å². The first-order valence-corrected chi connectivity index (χ1v) is 7.40. The molecule has 0 unspecified atom stereocenters. The molecule has 0 aliphatic carbocycles. The average Bonchev–Trinajstić information content (AvgIpc) is 3.09. The summed E-state index contributed by atoms with van der Waals surface area (Å²) in [5.74, 6) is 0. The number of rotatable bonds is 4. The van der Waals surface area contributed by atoms with Crippen molar-refractivity contribution >= 4 is 27.3 Å². The van der Waals surface area contributed by atoms with Gasteiger partial charge in [-0.2, -0.15) is 4.79 Å². The SMILES string of the molecule is [C-]#[N+]c1ccc(N(Cc2ccc(Br)cc2)n2cncn2)cc1. The molecule has 108 valence electrons. The smallest absolute Gasteiger partial charge is 0.187 e. The Kier molecular flexibility index (Phi) is 4.17. The fourth-order valence-electron chi connectivity index (χ4n) is 2.07. The van der Waals surface area contributed by atoms with Gasteiger partial charge in [-0.05, 0) is 29.8 Å². The largest absolute Gasteiger partial charge is 0.260 e. The molecule has 0 radical (unpaired) electrons. The van der Waals surface area contributed by atoms with Crippen LogP contribution in [0.1, 0.15) is 5.56 Å². The van der Waals surface area contributed by atoms with E-state index in [1.165, 1.54) is 6.33 Å². The molecule has 1 aromatic heterocycles. The van der Waals surface area contributed by atoms with Crippen LogP contribution in [0.25, 0.3) is 4.85 Å². The van der Waals surface area contributed by atoms with Gasteiger partial charge in [-0.25, -0.2) is 9.83 Å². The van der Waals surface area contributed by atoms with Crippen LogP contribution in [0.5, 0.6) is 0 Å². The molecule has 0 spiro atoms. The van der Waals surface area contributed by atoms with E-state index < -0.39 is 0 Å². The summed E-state index contributed by atoms with van der Waals surface area (Å²) in [4.78, 5) is 9.12. The third-order valence-electron chi connectivity index (χ3n) is 3.18. The number of aromatic nitrogens is 3. The minimum absolute atomic E-state index is 0.617. The third kappa shape index (κ3) is 3.15. The summed E-state index contributed by atoms with van der Waals surface area (Å²) in [6.45, 7) is 7.69. The molecule has 5 nitrogen and oxygen atoms in total. The summed E-state index contributed by atoms with van der Waals surface area (Å²) in [7, 11) is 0. The molecule has 0 aliphatic rings. The van der Waals surface area contributed by atoms with Gasteiger partial charge in [0.25, 0.3) is 0 Å². The zero-order valence-corrected chi connectivity index (χ0v) is 13.2. The minimum atomic E-state index is 0.617. The highest BCUT2D eigenvalue weighted by Gasteiger charge is 2.10. The van der Waals surface area contributed by atoms with E-state index in [0.717, 1.165) is 15.7 Å². The van der Waals surface area contributed by atoms with Gasteiger partial charge in [0.15, 0.2) is 5.69 Å². The molecule has 0 atom stereocenters. The second kappa shape index (κ2) is 6.41. The molecule has 0 fully saturated rings. The molecule has 1 heterocycles. The highest BCUT2D eigenvalue weighted by Crippen LogP contribution is 2.22. The van der Waals surface area contributed by atoms with E-state index in [1.54, 1.807) is 23.3 Å². The predicted octanol–water partition coefficient (Wildman–Crippen LogP) is 4.06. The predicted molar refractivity (Wildman–Crippen MR) is 88.4 cm³/mol. The summed E-state index contributed by atoms with van der Waals surface area (Å²) < 4.78 is 1.05. The average molecular weight is 354 g/mol. The van der Waals surface area contributed by atoms with E-state index in [-0.39, 0.29) is 0 Å². The number of nitrogens with zero attached hydrogens (tertiary/aromatic N) is 5. The molecule has 3 rings (SSSR count). The molecule has 0 bridgehead atoms. The summed E-state index contributed by atoms with van der Waals surface area (Å²) >= 11 is 3.44. The zero-order chi connectivity index (χ0) is 15.4. The Labute approximate surface area is 136 Å². The van der Waals surface area contributed by atoms with Gasteiger partial charge in [0.2, 0.25) is 0 Å². The van der Waals surface area contributed by atoms with E-state index in [0.29, 0.717) is 12.2 Å². The van der Waals surface area contributed by atoms with Crippen molar-refractivity contribution in [3.8, 4) is 0 Å². The molecule has 2 aromatic carbocycles. The second-order valence-electron chi connectivity index (χ2n) is 4.63. The van der Waals surface area contributed by atoms with Gasteiger partial charge in [0.05, 0.1) is 18.8 Å².